The van der Waals surface area contributed by atoms with Crippen molar-refractivity contribution in [2.75, 3.05) is 27.3 Å². The summed E-state index contributed by atoms with van der Waals surface area (Å²) in [5.41, 5.74) is 3.07. The quantitative estimate of drug-likeness (QED) is 0.778. The van der Waals surface area contributed by atoms with Crippen LogP contribution in [0.25, 0.3) is 10.9 Å². The lowest BCUT2D eigenvalue weighted by atomic mass is 9.98. The van der Waals surface area contributed by atoms with Gasteiger partial charge in [0.05, 0.1) is 14.2 Å². The van der Waals surface area contributed by atoms with Gasteiger partial charge in [-0.05, 0) is 36.2 Å². The zero-order valence-corrected chi connectivity index (χ0v) is 15.0. The summed E-state index contributed by atoms with van der Waals surface area (Å²) in [5.74, 6) is 1.59. The fourth-order valence-electron chi connectivity index (χ4n) is 3.78. The van der Waals surface area contributed by atoms with E-state index in [1.165, 1.54) is 10.9 Å². The van der Waals surface area contributed by atoms with Gasteiger partial charge in [0.15, 0.2) is 11.5 Å². The van der Waals surface area contributed by atoms with E-state index >= 15 is 0 Å². The summed E-state index contributed by atoms with van der Waals surface area (Å²) in [6.07, 6.45) is 3.06. The van der Waals surface area contributed by atoms with Gasteiger partial charge in [-0.2, -0.15) is 0 Å². The molecule has 3 aromatic rings. The molecule has 1 saturated heterocycles. The topological polar surface area (TPSA) is 54.6 Å². The first-order valence-corrected chi connectivity index (χ1v) is 8.78. The van der Waals surface area contributed by atoms with Crippen molar-refractivity contribution in [2.24, 2.45) is 0 Å². The Morgan fingerprint density at radius 2 is 1.92 bits per heavy atom. The maximum atomic E-state index is 12.9. The van der Waals surface area contributed by atoms with E-state index in [1.54, 1.807) is 32.4 Å². The van der Waals surface area contributed by atoms with Crippen LogP contribution in [0.4, 0.5) is 0 Å². The van der Waals surface area contributed by atoms with Gasteiger partial charge < -0.3 is 19.4 Å². The molecule has 5 nitrogen and oxygen atoms in total. The Hall–Kier alpha value is -2.95. The van der Waals surface area contributed by atoms with Crippen LogP contribution in [0.15, 0.2) is 48.7 Å². The van der Waals surface area contributed by atoms with Crippen LogP contribution in [0.3, 0.4) is 0 Å². The Kier molecular flexibility index (Phi) is 4.29. The number of aromatic amines is 1. The third-order valence-electron chi connectivity index (χ3n) is 5.17. The van der Waals surface area contributed by atoms with Crippen LogP contribution in [0.5, 0.6) is 11.5 Å². The minimum absolute atomic E-state index is 0.0355. The van der Waals surface area contributed by atoms with Crippen molar-refractivity contribution in [2.45, 2.75) is 12.3 Å². The molecular weight excluding hydrogens is 328 g/mol. The van der Waals surface area contributed by atoms with Crippen LogP contribution in [0.1, 0.15) is 28.3 Å². The number of carbonyl (C=O) groups is 1. The van der Waals surface area contributed by atoms with Gasteiger partial charge in [0.1, 0.15) is 0 Å². The lowest BCUT2D eigenvalue weighted by Crippen LogP contribution is -2.28. The Morgan fingerprint density at radius 1 is 1.12 bits per heavy atom. The standard InChI is InChI=1S/C21H22N2O3/c1-25-19-8-7-14(11-20(19)26-2)21(24)23-10-9-15(13-23)17-12-22-18-6-4-3-5-16(17)18/h3-8,11-12,15,22H,9-10,13H2,1-2H3. The maximum absolute atomic E-state index is 12.9. The number of H-pyrrole nitrogens is 1. The molecule has 0 spiro atoms. The molecule has 2 aromatic carbocycles. The monoisotopic (exact) mass is 350 g/mol. The molecule has 0 bridgehead atoms. The zero-order valence-electron chi connectivity index (χ0n) is 15.0. The molecule has 0 radical (unpaired) electrons. The molecule has 5 heteroatoms. The molecule has 1 aromatic heterocycles. The summed E-state index contributed by atoms with van der Waals surface area (Å²) in [7, 11) is 3.17. The number of para-hydroxylation sites is 1. The fourth-order valence-corrected chi connectivity index (χ4v) is 3.78. The molecule has 134 valence electrons. The maximum Gasteiger partial charge on any atom is 0.254 e. The molecular formula is C21H22N2O3. The van der Waals surface area contributed by atoms with Gasteiger partial charge in [0.25, 0.3) is 5.91 Å². The van der Waals surface area contributed by atoms with Crippen molar-refractivity contribution < 1.29 is 14.3 Å². The van der Waals surface area contributed by atoms with Crippen LogP contribution in [-0.2, 0) is 0 Å². The van der Waals surface area contributed by atoms with Crippen LogP contribution >= 0.6 is 0 Å². The van der Waals surface area contributed by atoms with E-state index in [0.29, 0.717) is 23.0 Å². The van der Waals surface area contributed by atoms with Gasteiger partial charge in [0, 0.05) is 41.7 Å². The Morgan fingerprint density at radius 3 is 2.73 bits per heavy atom. The first-order chi connectivity index (χ1) is 12.7. The molecule has 1 N–H and O–H groups in total. The molecule has 26 heavy (non-hydrogen) atoms. The van der Waals surface area contributed by atoms with E-state index in [1.807, 2.05) is 11.0 Å². The number of fused-ring (bicyclic) bond motifs is 1. The number of nitrogens with zero attached hydrogens (tertiary/aromatic N) is 1. The molecule has 1 aliphatic heterocycles. The SMILES string of the molecule is COc1ccc(C(=O)N2CCC(c3c[nH]c4ccccc34)C2)cc1OC. The number of methoxy groups -OCH3 is 2. The highest BCUT2D eigenvalue weighted by atomic mass is 16.5. The molecule has 2 heterocycles. The molecule has 1 atom stereocenters. The van der Waals surface area contributed by atoms with Crippen LogP contribution in [0.2, 0.25) is 0 Å². The van der Waals surface area contributed by atoms with E-state index in [0.717, 1.165) is 25.0 Å². The van der Waals surface area contributed by atoms with Gasteiger partial charge in [-0.15, -0.1) is 0 Å². The normalized spacial score (nSPS) is 16.8. The van der Waals surface area contributed by atoms with Crippen molar-refractivity contribution in [1.82, 2.24) is 9.88 Å². The Labute approximate surface area is 152 Å². The summed E-state index contributed by atoms with van der Waals surface area (Å²) in [4.78, 5) is 18.2. The van der Waals surface area contributed by atoms with E-state index in [-0.39, 0.29) is 5.91 Å². The Balaban J connectivity index is 1.54. The molecule has 1 amide bonds. The van der Waals surface area contributed by atoms with Crippen molar-refractivity contribution in [3.05, 3.63) is 59.8 Å². The third-order valence-corrected chi connectivity index (χ3v) is 5.17. The highest BCUT2D eigenvalue weighted by molar-refractivity contribution is 5.95. The predicted octanol–water partition coefficient (Wildman–Crippen LogP) is 3.81. The van der Waals surface area contributed by atoms with E-state index in [4.69, 9.17) is 9.47 Å². The van der Waals surface area contributed by atoms with Crippen LogP contribution in [-0.4, -0.2) is 43.1 Å². The van der Waals surface area contributed by atoms with Crippen molar-refractivity contribution in [1.29, 1.82) is 0 Å². The van der Waals surface area contributed by atoms with E-state index in [2.05, 4.69) is 29.4 Å². The average Bonchev–Trinajstić information content (AvgIpc) is 3.33. The second kappa shape index (κ2) is 6.75. The zero-order chi connectivity index (χ0) is 18.1. The largest absolute Gasteiger partial charge is 0.493 e. The summed E-state index contributed by atoms with van der Waals surface area (Å²) < 4.78 is 10.6. The van der Waals surface area contributed by atoms with Crippen LogP contribution in [0, 0.1) is 0 Å². The van der Waals surface area contributed by atoms with Gasteiger partial charge in [-0.3, -0.25) is 4.79 Å². The van der Waals surface area contributed by atoms with Crippen molar-refractivity contribution in [3.63, 3.8) is 0 Å². The molecule has 1 unspecified atom stereocenters. The number of carbonyl (C=O) groups excluding carboxylic acids is 1. The van der Waals surface area contributed by atoms with E-state index < -0.39 is 0 Å². The molecule has 1 fully saturated rings. The van der Waals surface area contributed by atoms with Gasteiger partial charge in [0.2, 0.25) is 0 Å². The number of likely N-dealkylation sites (tertiary alicyclic amines) is 1. The lowest BCUT2D eigenvalue weighted by molar-refractivity contribution is 0.0790. The highest BCUT2D eigenvalue weighted by Crippen LogP contribution is 2.34. The smallest absolute Gasteiger partial charge is 0.254 e. The third kappa shape index (κ3) is 2.79. The number of nitrogens with one attached hydrogen (secondary N) is 1. The van der Waals surface area contributed by atoms with Crippen LogP contribution < -0.4 is 9.47 Å². The molecule has 4 rings (SSSR count). The van der Waals surface area contributed by atoms with E-state index in [9.17, 15) is 4.79 Å². The summed E-state index contributed by atoms with van der Waals surface area (Å²) >= 11 is 0. The summed E-state index contributed by atoms with van der Waals surface area (Å²) in [6.45, 7) is 1.49. The average molecular weight is 350 g/mol. The number of rotatable bonds is 4. The number of hydrogen-bond acceptors (Lipinski definition) is 3. The second-order valence-electron chi connectivity index (χ2n) is 6.60. The second-order valence-corrected chi connectivity index (χ2v) is 6.60. The van der Waals surface area contributed by atoms with Crippen molar-refractivity contribution >= 4 is 16.8 Å². The van der Waals surface area contributed by atoms with Gasteiger partial charge in [-0.1, -0.05) is 18.2 Å². The van der Waals surface area contributed by atoms with Gasteiger partial charge in [-0.25, -0.2) is 0 Å². The summed E-state index contributed by atoms with van der Waals surface area (Å²) in [5, 5.41) is 1.25. The Bertz CT molecular complexity index is 947. The molecule has 0 aliphatic carbocycles. The molecule has 1 aliphatic rings. The number of hydrogen-bond donors (Lipinski definition) is 1. The minimum Gasteiger partial charge on any atom is -0.493 e. The van der Waals surface area contributed by atoms with Crippen molar-refractivity contribution in [3.8, 4) is 11.5 Å². The van der Waals surface area contributed by atoms with Gasteiger partial charge >= 0.3 is 0 Å². The first-order valence-electron chi connectivity index (χ1n) is 8.78. The minimum atomic E-state index is 0.0355. The number of benzene rings is 2. The first kappa shape index (κ1) is 16.5. The summed E-state index contributed by atoms with van der Waals surface area (Å²) in [6, 6.07) is 13.6. The number of ether oxygens (including phenoxy) is 2. The molecule has 0 saturated carbocycles. The number of amides is 1. The fraction of sp³-hybridized carbons (Fsp3) is 0.286. The number of aromatic nitrogens is 1. The predicted molar refractivity (Wildman–Crippen MR) is 101 cm³/mol. The highest BCUT2D eigenvalue weighted by Gasteiger charge is 2.29. The lowest BCUT2D eigenvalue weighted by Gasteiger charge is -2.17.